The minimum absolute atomic E-state index is 0.0885. The fourth-order valence-corrected chi connectivity index (χ4v) is 3.81. The Morgan fingerprint density at radius 1 is 1.16 bits per heavy atom. The van der Waals surface area contributed by atoms with Crippen molar-refractivity contribution < 1.29 is 9.32 Å². The predicted molar refractivity (Wildman–Crippen MR) is 118 cm³/mol. The Labute approximate surface area is 178 Å². The average molecular weight is 414 g/mol. The van der Waals surface area contributed by atoms with Crippen molar-refractivity contribution in [1.82, 2.24) is 14.7 Å². The Balaban J connectivity index is 1.50. The van der Waals surface area contributed by atoms with Crippen molar-refractivity contribution >= 4 is 22.5 Å². The molecule has 1 fully saturated rings. The van der Waals surface area contributed by atoms with E-state index >= 15 is 0 Å². The molecule has 2 heterocycles. The van der Waals surface area contributed by atoms with Crippen LogP contribution in [0.4, 0.5) is 5.69 Å². The molecule has 2 aromatic heterocycles. The van der Waals surface area contributed by atoms with Gasteiger partial charge in [-0.05, 0) is 37.0 Å². The highest BCUT2D eigenvalue weighted by atomic mass is 16.5. The van der Waals surface area contributed by atoms with Crippen LogP contribution in [-0.4, -0.2) is 20.6 Å². The fourth-order valence-electron chi connectivity index (χ4n) is 3.81. The third-order valence-corrected chi connectivity index (χ3v) is 5.61. The molecule has 31 heavy (non-hydrogen) atoms. The number of benzene rings is 2. The molecule has 0 radical (unpaired) electrons. The van der Waals surface area contributed by atoms with Crippen molar-refractivity contribution in [3.63, 3.8) is 0 Å². The van der Waals surface area contributed by atoms with Crippen molar-refractivity contribution in [2.75, 3.05) is 5.32 Å². The third kappa shape index (κ3) is 3.74. The van der Waals surface area contributed by atoms with Crippen LogP contribution in [0.3, 0.4) is 0 Å². The van der Waals surface area contributed by atoms with E-state index in [1.807, 2.05) is 55.5 Å². The number of amides is 1. The van der Waals surface area contributed by atoms with Crippen LogP contribution in [0.1, 0.15) is 37.1 Å². The summed E-state index contributed by atoms with van der Waals surface area (Å²) in [5.74, 6) is 1.13. The molecule has 0 saturated heterocycles. The van der Waals surface area contributed by atoms with Gasteiger partial charge in [0.25, 0.3) is 11.4 Å². The third-order valence-electron chi connectivity index (χ3n) is 5.61. The molecule has 1 aliphatic rings. The van der Waals surface area contributed by atoms with Crippen LogP contribution in [-0.2, 0) is 17.8 Å². The molecule has 1 N–H and O–H groups in total. The summed E-state index contributed by atoms with van der Waals surface area (Å²) in [6.07, 6.45) is 2.94. The van der Waals surface area contributed by atoms with Gasteiger partial charge in [-0.25, -0.2) is 0 Å². The lowest BCUT2D eigenvalue weighted by Gasteiger charge is -2.13. The highest BCUT2D eigenvalue weighted by Gasteiger charge is 2.29. The lowest BCUT2D eigenvalue weighted by molar-refractivity contribution is -0.116. The SMILES string of the molecule is CCc1ccccc1NC(=O)Cn1c(=O)cc(-c2nc(C3CC3)no2)c2ccccc21. The van der Waals surface area contributed by atoms with Crippen molar-refractivity contribution in [3.8, 4) is 11.5 Å². The summed E-state index contributed by atoms with van der Waals surface area (Å²) in [4.78, 5) is 30.3. The number of anilines is 1. The Morgan fingerprint density at radius 2 is 1.94 bits per heavy atom. The molecule has 0 unspecified atom stereocenters. The minimum atomic E-state index is -0.293. The summed E-state index contributed by atoms with van der Waals surface area (Å²) in [5.41, 5.74) is 2.76. The standard InChI is InChI=1S/C24H22N4O3/c1-2-15-7-3-5-9-19(15)25-21(29)14-28-20-10-6-4-8-17(20)18(13-22(28)30)24-26-23(27-31-24)16-11-12-16/h3-10,13,16H,2,11-12,14H2,1H3,(H,25,29). The Kier molecular flexibility index (Phi) is 4.86. The highest BCUT2D eigenvalue weighted by molar-refractivity contribution is 5.95. The second kappa shape index (κ2) is 7.83. The Morgan fingerprint density at radius 3 is 2.74 bits per heavy atom. The van der Waals surface area contributed by atoms with Crippen LogP contribution in [0, 0.1) is 0 Å². The summed E-state index contributed by atoms with van der Waals surface area (Å²) >= 11 is 0. The number of pyridine rings is 1. The average Bonchev–Trinajstić information content (AvgIpc) is 3.52. The molecule has 4 aromatic rings. The number of rotatable bonds is 6. The van der Waals surface area contributed by atoms with Crippen molar-refractivity contribution in [2.45, 2.75) is 38.6 Å². The van der Waals surface area contributed by atoms with E-state index in [-0.39, 0.29) is 18.0 Å². The normalized spacial score (nSPS) is 13.5. The van der Waals surface area contributed by atoms with E-state index in [2.05, 4.69) is 15.5 Å². The maximum Gasteiger partial charge on any atom is 0.258 e. The van der Waals surface area contributed by atoms with E-state index in [9.17, 15) is 9.59 Å². The lowest BCUT2D eigenvalue weighted by Crippen LogP contribution is -2.28. The van der Waals surface area contributed by atoms with Gasteiger partial charge in [0, 0.05) is 23.1 Å². The van der Waals surface area contributed by atoms with Crippen LogP contribution in [0.5, 0.6) is 0 Å². The quantitative estimate of drug-likeness (QED) is 0.512. The molecule has 2 aromatic carbocycles. The van der Waals surface area contributed by atoms with Gasteiger partial charge < -0.3 is 9.84 Å². The van der Waals surface area contributed by atoms with E-state index < -0.39 is 0 Å². The first-order valence-electron chi connectivity index (χ1n) is 10.5. The molecule has 156 valence electrons. The zero-order valence-electron chi connectivity index (χ0n) is 17.2. The largest absolute Gasteiger partial charge is 0.334 e. The molecule has 7 nitrogen and oxygen atoms in total. The van der Waals surface area contributed by atoms with E-state index in [1.54, 1.807) is 0 Å². The monoisotopic (exact) mass is 414 g/mol. The number of hydrogen-bond acceptors (Lipinski definition) is 5. The maximum absolute atomic E-state index is 13.0. The number of hydrogen-bond donors (Lipinski definition) is 1. The van der Waals surface area contributed by atoms with Crippen LogP contribution in [0.2, 0.25) is 0 Å². The van der Waals surface area contributed by atoms with E-state index in [0.717, 1.165) is 35.9 Å². The molecule has 1 amide bonds. The van der Waals surface area contributed by atoms with Gasteiger partial charge in [0.05, 0.1) is 11.1 Å². The van der Waals surface area contributed by atoms with E-state index in [1.165, 1.54) is 10.6 Å². The number of fused-ring (bicyclic) bond motifs is 1. The molecule has 7 heteroatoms. The number of nitrogens with one attached hydrogen (secondary N) is 1. The van der Waals surface area contributed by atoms with Crippen molar-refractivity contribution in [1.29, 1.82) is 0 Å². The van der Waals surface area contributed by atoms with Gasteiger partial charge in [0.2, 0.25) is 5.91 Å². The van der Waals surface area contributed by atoms with Crippen LogP contribution >= 0.6 is 0 Å². The second-order valence-corrected chi connectivity index (χ2v) is 7.79. The van der Waals surface area contributed by atoms with Crippen LogP contribution in [0.15, 0.2) is 63.9 Å². The van der Waals surface area contributed by atoms with E-state index in [0.29, 0.717) is 28.7 Å². The first kappa shape index (κ1) is 19.2. The fraction of sp³-hybridized carbons (Fsp3) is 0.250. The zero-order chi connectivity index (χ0) is 21.4. The number of carbonyl (C=O) groups excluding carboxylic acids is 1. The lowest BCUT2D eigenvalue weighted by atomic mass is 10.1. The summed E-state index contributed by atoms with van der Waals surface area (Å²) in [5, 5.41) is 7.78. The first-order chi connectivity index (χ1) is 15.1. The Bertz CT molecular complexity index is 1330. The smallest absolute Gasteiger partial charge is 0.258 e. The molecular weight excluding hydrogens is 392 g/mol. The zero-order valence-corrected chi connectivity index (χ0v) is 17.2. The van der Waals surface area contributed by atoms with Gasteiger partial charge in [-0.15, -0.1) is 0 Å². The predicted octanol–water partition coefficient (Wildman–Crippen LogP) is 4.13. The first-order valence-corrected chi connectivity index (χ1v) is 10.5. The molecule has 0 bridgehead atoms. The van der Waals surface area contributed by atoms with Crippen LogP contribution in [0.25, 0.3) is 22.4 Å². The van der Waals surface area contributed by atoms with Gasteiger partial charge in [-0.2, -0.15) is 4.98 Å². The molecular formula is C24H22N4O3. The summed E-state index contributed by atoms with van der Waals surface area (Å²) in [6.45, 7) is 1.95. The number of nitrogens with zero attached hydrogens (tertiary/aromatic N) is 3. The van der Waals surface area contributed by atoms with Gasteiger partial charge in [-0.3, -0.25) is 14.2 Å². The summed E-state index contributed by atoms with van der Waals surface area (Å²) in [6, 6.07) is 16.6. The topological polar surface area (TPSA) is 90.0 Å². The number of aromatic nitrogens is 3. The highest BCUT2D eigenvalue weighted by Crippen LogP contribution is 2.39. The molecule has 0 spiro atoms. The second-order valence-electron chi connectivity index (χ2n) is 7.79. The van der Waals surface area contributed by atoms with Crippen molar-refractivity contribution in [2.24, 2.45) is 0 Å². The van der Waals surface area contributed by atoms with Crippen molar-refractivity contribution in [3.05, 3.63) is 76.3 Å². The summed E-state index contributed by atoms with van der Waals surface area (Å²) in [7, 11) is 0. The minimum Gasteiger partial charge on any atom is -0.334 e. The molecule has 0 aliphatic heterocycles. The maximum atomic E-state index is 13.0. The van der Waals surface area contributed by atoms with E-state index in [4.69, 9.17) is 4.52 Å². The number of para-hydroxylation sites is 2. The number of aryl methyl sites for hydroxylation is 1. The van der Waals surface area contributed by atoms with Gasteiger partial charge in [-0.1, -0.05) is 48.5 Å². The molecule has 5 rings (SSSR count). The van der Waals surface area contributed by atoms with Gasteiger partial charge in [0.15, 0.2) is 5.82 Å². The van der Waals surface area contributed by atoms with Gasteiger partial charge in [0.1, 0.15) is 6.54 Å². The molecule has 1 aliphatic carbocycles. The van der Waals surface area contributed by atoms with Crippen LogP contribution < -0.4 is 10.9 Å². The Hall–Kier alpha value is -3.74. The molecule has 0 atom stereocenters. The summed E-state index contributed by atoms with van der Waals surface area (Å²) < 4.78 is 6.93. The van der Waals surface area contributed by atoms with Gasteiger partial charge >= 0.3 is 0 Å². The molecule has 1 saturated carbocycles. The number of carbonyl (C=O) groups is 1.